The van der Waals surface area contributed by atoms with Crippen LogP contribution in [0.4, 0.5) is 0 Å². The second-order valence-electron chi connectivity index (χ2n) is 3.31. The van der Waals surface area contributed by atoms with Gasteiger partial charge in [0.15, 0.2) is 0 Å². The summed E-state index contributed by atoms with van der Waals surface area (Å²) in [7, 11) is 0. The largest absolute Gasteiger partial charge is 0.782 e. The SMILES string of the molecule is CC.CC1C=C(CN)C=C([S-])C(N)C1.[Y]. The van der Waals surface area contributed by atoms with Gasteiger partial charge in [0.05, 0.1) is 0 Å². The zero-order valence-electron chi connectivity index (χ0n) is 9.86. The van der Waals surface area contributed by atoms with Crippen LogP contribution in [0.15, 0.2) is 22.6 Å². The molecule has 4 heteroatoms. The van der Waals surface area contributed by atoms with Gasteiger partial charge in [-0.3, -0.25) is 0 Å². The van der Waals surface area contributed by atoms with E-state index < -0.39 is 0 Å². The molecule has 0 spiro atoms. The van der Waals surface area contributed by atoms with E-state index in [1.807, 2.05) is 19.9 Å². The molecule has 1 aliphatic rings. The van der Waals surface area contributed by atoms with E-state index in [0.29, 0.717) is 12.5 Å². The van der Waals surface area contributed by atoms with Gasteiger partial charge in [0, 0.05) is 45.3 Å². The molecule has 0 aromatic heterocycles. The standard InChI is InChI=1S/C9H16N2S.C2H6.Y/c1-6-2-7(5-10)4-9(12)8(11)3-6;1-2;/h2,4,6,8,12H,3,5,10-11H2,1H3;1-2H3;/p-1. The van der Waals surface area contributed by atoms with Crippen molar-refractivity contribution >= 4 is 12.6 Å². The van der Waals surface area contributed by atoms with E-state index in [0.717, 1.165) is 16.9 Å². The van der Waals surface area contributed by atoms with Crippen LogP contribution in [0.2, 0.25) is 0 Å². The van der Waals surface area contributed by atoms with Gasteiger partial charge < -0.3 is 24.1 Å². The van der Waals surface area contributed by atoms with E-state index in [9.17, 15) is 0 Å². The molecule has 2 unspecified atom stereocenters. The van der Waals surface area contributed by atoms with Crippen LogP contribution in [0.3, 0.4) is 0 Å². The molecule has 85 valence electrons. The van der Waals surface area contributed by atoms with E-state index in [2.05, 4.69) is 13.0 Å². The Morgan fingerprint density at radius 2 is 2.00 bits per heavy atom. The van der Waals surface area contributed by atoms with Crippen molar-refractivity contribution in [1.29, 1.82) is 0 Å². The monoisotopic (exact) mass is 302 g/mol. The molecule has 1 rings (SSSR count). The molecular weight excluding hydrogens is 281 g/mol. The van der Waals surface area contributed by atoms with Crippen molar-refractivity contribution < 1.29 is 32.7 Å². The van der Waals surface area contributed by atoms with Crippen LogP contribution < -0.4 is 11.5 Å². The van der Waals surface area contributed by atoms with Gasteiger partial charge >= 0.3 is 0 Å². The maximum atomic E-state index is 5.84. The third-order valence-electron chi connectivity index (χ3n) is 2.05. The molecule has 0 aromatic rings. The van der Waals surface area contributed by atoms with E-state index in [1.54, 1.807) is 0 Å². The number of hydrogen-bond acceptors (Lipinski definition) is 3. The Balaban J connectivity index is 0. The van der Waals surface area contributed by atoms with Crippen molar-refractivity contribution in [2.75, 3.05) is 6.54 Å². The van der Waals surface area contributed by atoms with Crippen LogP contribution in [0.25, 0.3) is 0 Å². The predicted octanol–water partition coefficient (Wildman–Crippen LogP) is 1.69. The molecule has 1 aliphatic carbocycles. The van der Waals surface area contributed by atoms with Gasteiger partial charge in [-0.25, -0.2) is 0 Å². The molecule has 1 radical (unpaired) electrons. The summed E-state index contributed by atoms with van der Waals surface area (Å²) < 4.78 is 0. The normalized spacial score (nSPS) is 24.9. The molecule has 0 amide bonds. The van der Waals surface area contributed by atoms with E-state index in [-0.39, 0.29) is 38.8 Å². The summed E-state index contributed by atoms with van der Waals surface area (Å²) in [5.74, 6) is 0.482. The molecule has 0 heterocycles. The fourth-order valence-electron chi connectivity index (χ4n) is 1.42. The number of nitrogens with two attached hydrogens (primary N) is 2. The minimum Gasteiger partial charge on any atom is -0.782 e. The Morgan fingerprint density at radius 3 is 2.47 bits per heavy atom. The average molecular weight is 302 g/mol. The summed E-state index contributed by atoms with van der Waals surface area (Å²) >= 11 is 5.13. The minimum absolute atomic E-state index is 0. The fourth-order valence-corrected chi connectivity index (χ4v) is 1.66. The molecule has 15 heavy (non-hydrogen) atoms. The summed E-state index contributed by atoms with van der Waals surface area (Å²) in [6, 6.07) is 0.0234. The smallest absolute Gasteiger partial charge is 0.0174 e. The average Bonchev–Trinajstić information content (AvgIpc) is 2.30. The van der Waals surface area contributed by atoms with Crippen LogP contribution >= 0.6 is 0 Å². The molecule has 4 N–H and O–H groups in total. The van der Waals surface area contributed by atoms with Gasteiger partial charge in [0.25, 0.3) is 0 Å². The molecule has 0 fully saturated rings. The fraction of sp³-hybridized carbons (Fsp3) is 0.636. The van der Waals surface area contributed by atoms with Crippen molar-refractivity contribution in [3.05, 3.63) is 22.6 Å². The maximum Gasteiger partial charge on any atom is 0.0174 e. The van der Waals surface area contributed by atoms with Crippen LogP contribution in [-0.2, 0) is 45.3 Å². The summed E-state index contributed by atoms with van der Waals surface area (Å²) in [6.45, 7) is 6.69. The maximum absolute atomic E-state index is 5.84. The predicted molar refractivity (Wildman–Crippen MR) is 65.7 cm³/mol. The number of rotatable bonds is 1. The van der Waals surface area contributed by atoms with Crippen molar-refractivity contribution in [3.8, 4) is 0 Å². The first-order chi connectivity index (χ1) is 6.63. The summed E-state index contributed by atoms with van der Waals surface area (Å²) in [4.78, 5) is 0.830. The van der Waals surface area contributed by atoms with Crippen molar-refractivity contribution in [2.24, 2.45) is 17.4 Å². The van der Waals surface area contributed by atoms with Crippen molar-refractivity contribution in [1.82, 2.24) is 0 Å². The van der Waals surface area contributed by atoms with Gasteiger partial charge in [-0.2, -0.15) is 4.91 Å². The molecular formula is C11H21N2SY-. The zero-order chi connectivity index (χ0) is 11.1. The third-order valence-corrected chi connectivity index (χ3v) is 2.47. The number of allylic oxidation sites excluding steroid dienone is 1. The number of hydrogen-bond donors (Lipinski definition) is 2. The zero-order valence-corrected chi connectivity index (χ0v) is 13.5. The van der Waals surface area contributed by atoms with E-state index in [1.165, 1.54) is 0 Å². The third kappa shape index (κ3) is 6.80. The summed E-state index contributed by atoms with van der Waals surface area (Å²) in [5.41, 5.74) is 12.5. The molecule has 0 bridgehead atoms. The Hall–Kier alpha value is 0.724. The molecule has 0 aromatic carbocycles. The molecule has 0 saturated heterocycles. The Kier molecular flexibility index (Phi) is 12.0. The second-order valence-corrected chi connectivity index (χ2v) is 3.78. The quantitative estimate of drug-likeness (QED) is 0.725. The topological polar surface area (TPSA) is 52.0 Å². The van der Waals surface area contributed by atoms with E-state index in [4.69, 9.17) is 24.1 Å². The second kappa shape index (κ2) is 9.92. The minimum atomic E-state index is 0. The van der Waals surface area contributed by atoms with Gasteiger partial charge in [-0.15, -0.1) is 0 Å². The summed E-state index contributed by atoms with van der Waals surface area (Å²) in [5, 5.41) is 0. The van der Waals surface area contributed by atoms with Crippen LogP contribution in [0.1, 0.15) is 27.2 Å². The van der Waals surface area contributed by atoms with Crippen LogP contribution in [0.5, 0.6) is 0 Å². The molecule has 2 nitrogen and oxygen atoms in total. The summed E-state index contributed by atoms with van der Waals surface area (Å²) in [6.07, 6.45) is 5.02. The first kappa shape index (κ1) is 18.1. The Morgan fingerprint density at radius 1 is 1.47 bits per heavy atom. The first-order valence-corrected chi connectivity index (χ1v) is 5.59. The molecule has 2 atom stereocenters. The van der Waals surface area contributed by atoms with E-state index >= 15 is 0 Å². The van der Waals surface area contributed by atoms with Gasteiger partial charge in [-0.05, 0) is 17.9 Å². The van der Waals surface area contributed by atoms with Gasteiger partial charge in [0.2, 0.25) is 0 Å². The Bertz CT molecular complexity index is 227. The molecule has 0 saturated carbocycles. The van der Waals surface area contributed by atoms with Crippen molar-refractivity contribution in [2.45, 2.75) is 33.2 Å². The van der Waals surface area contributed by atoms with Crippen LogP contribution in [0, 0.1) is 5.92 Å². The van der Waals surface area contributed by atoms with Crippen molar-refractivity contribution in [3.63, 3.8) is 0 Å². The van der Waals surface area contributed by atoms with Crippen LogP contribution in [-0.4, -0.2) is 12.6 Å². The first-order valence-electron chi connectivity index (χ1n) is 5.18. The Labute approximate surface area is 124 Å². The van der Waals surface area contributed by atoms with Gasteiger partial charge in [-0.1, -0.05) is 32.9 Å². The van der Waals surface area contributed by atoms with Gasteiger partial charge in [0.1, 0.15) is 0 Å². The molecule has 0 aliphatic heterocycles.